The van der Waals surface area contributed by atoms with Crippen LogP contribution in [-0.4, -0.2) is 57.8 Å². The van der Waals surface area contributed by atoms with E-state index >= 15 is 0 Å². The number of benzene rings is 2. The topological polar surface area (TPSA) is 75.7 Å². The predicted octanol–water partition coefficient (Wildman–Crippen LogP) is 2.81. The maximum atomic E-state index is 12.6. The summed E-state index contributed by atoms with van der Waals surface area (Å²) in [5.41, 5.74) is 3.13. The monoisotopic (exact) mass is 430 g/mol. The second-order valence-corrected chi connectivity index (χ2v) is 9.90. The highest BCUT2D eigenvalue weighted by Gasteiger charge is 2.22. The van der Waals surface area contributed by atoms with E-state index in [1.54, 1.807) is 12.1 Å². The minimum Gasteiger partial charge on any atom is -0.384 e. The number of methoxy groups -OCH3 is 1. The number of hydrogen-bond donors (Lipinski definition) is 1. The van der Waals surface area contributed by atoms with Crippen molar-refractivity contribution in [1.82, 2.24) is 10.2 Å². The molecule has 0 atom stereocenters. The van der Waals surface area contributed by atoms with Gasteiger partial charge in [0.15, 0.2) is 9.84 Å². The molecule has 30 heavy (non-hydrogen) atoms. The van der Waals surface area contributed by atoms with Crippen molar-refractivity contribution >= 4 is 15.7 Å². The number of carbonyl (C=O) groups excluding carboxylic acids is 1. The van der Waals surface area contributed by atoms with Crippen molar-refractivity contribution in [2.75, 3.05) is 32.6 Å². The molecule has 1 saturated heterocycles. The molecule has 3 rings (SSSR count). The smallest absolute Gasteiger partial charge is 0.251 e. The maximum Gasteiger partial charge on any atom is 0.251 e. The number of ether oxygens (including phenoxy) is 1. The lowest BCUT2D eigenvalue weighted by Gasteiger charge is -2.32. The van der Waals surface area contributed by atoms with Gasteiger partial charge >= 0.3 is 0 Å². The molecule has 2 aromatic carbocycles. The van der Waals surface area contributed by atoms with Crippen molar-refractivity contribution in [3.63, 3.8) is 0 Å². The fourth-order valence-corrected chi connectivity index (χ4v) is 4.83. The first kappa shape index (κ1) is 22.5. The first-order valence-electron chi connectivity index (χ1n) is 10.3. The van der Waals surface area contributed by atoms with Crippen molar-refractivity contribution < 1.29 is 17.9 Å². The van der Waals surface area contributed by atoms with Crippen LogP contribution >= 0.6 is 0 Å². The molecule has 1 aliphatic heterocycles. The second kappa shape index (κ2) is 10.2. The van der Waals surface area contributed by atoms with Gasteiger partial charge < -0.3 is 10.1 Å². The van der Waals surface area contributed by atoms with Crippen molar-refractivity contribution in [3.05, 3.63) is 65.2 Å². The fourth-order valence-electron chi connectivity index (χ4n) is 3.66. The third-order valence-corrected chi connectivity index (χ3v) is 7.30. The number of aryl methyl sites for hydroxylation is 1. The minimum absolute atomic E-state index is 0.0733. The maximum absolute atomic E-state index is 12.6. The highest BCUT2D eigenvalue weighted by Crippen LogP contribution is 2.17. The lowest BCUT2D eigenvalue weighted by atomic mass is 10.0. The summed E-state index contributed by atoms with van der Waals surface area (Å²) in [4.78, 5) is 15.2. The average Bonchev–Trinajstić information content (AvgIpc) is 2.75. The highest BCUT2D eigenvalue weighted by atomic mass is 32.2. The van der Waals surface area contributed by atoms with Gasteiger partial charge in [0.25, 0.3) is 5.91 Å². The van der Waals surface area contributed by atoms with E-state index in [2.05, 4.69) is 41.4 Å². The van der Waals surface area contributed by atoms with E-state index in [4.69, 9.17) is 4.74 Å². The third-order valence-electron chi connectivity index (χ3n) is 5.61. The van der Waals surface area contributed by atoms with Gasteiger partial charge in [0, 0.05) is 38.3 Å². The molecule has 0 aromatic heterocycles. The number of likely N-dealkylation sites (tertiary alicyclic amines) is 1. The first-order chi connectivity index (χ1) is 14.4. The van der Waals surface area contributed by atoms with E-state index in [0.717, 1.165) is 32.5 Å². The molecule has 1 fully saturated rings. The van der Waals surface area contributed by atoms with E-state index in [-0.39, 0.29) is 29.2 Å². The third kappa shape index (κ3) is 5.90. The Bertz CT molecular complexity index is 949. The Labute approximate surface area is 179 Å². The van der Waals surface area contributed by atoms with Gasteiger partial charge in [0.2, 0.25) is 0 Å². The summed E-state index contributed by atoms with van der Waals surface area (Å²) in [7, 11) is -1.92. The Kier molecular flexibility index (Phi) is 7.64. The van der Waals surface area contributed by atoms with Gasteiger partial charge in [-0.3, -0.25) is 9.69 Å². The summed E-state index contributed by atoms with van der Waals surface area (Å²) in [6, 6.07) is 14.7. The van der Waals surface area contributed by atoms with Gasteiger partial charge in [-0.05, 0) is 55.2 Å². The molecule has 162 valence electrons. The number of piperidine rings is 1. The van der Waals surface area contributed by atoms with Crippen LogP contribution in [0.25, 0.3) is 0 Å². The molecule has 7 heteroatoms. The van der Waals surface area contributed by atoms with Crippen LogP contribution in [0, 0.1) is 6.92 Å². The number of nitrogens with zero attached hydrogens (tertiary/aromatic N) is 1. The number of amides is 1. The summed E-state index contributed by atoms with van der Waals surface area (Å²) in [5, 5.41) is 3.09. The standard InChI is InChI=1S/C23H30N2O4S/c1-18-5-3-4-6-20(18)17-25-13-11-21(12-14-25)24-23(26)19-7-9-22(10-8-19)30(27,28)16-15-29-2/h3-10,21H,11-17H2,1-2H3,(H,24,26). The molecule has 1 N–H and O–H groups in total. The van der Waals surface area contributed by atoms with Crippen molar-refractivity contribution in [2.24, 2.45) is 0 Å². The zero-order valence-electron chi connectivity index (χ0n) is 17.6. The lowest BCUT2D eigenvalue weighted by Crippen LogP contribution is -2.44. The van der Waals surface area contributed by atoms with Crippen LogP contribution in [0.1, 0.15) is 34.3 Å². The summed E-state index contributed by atoms with van der Waals surface area (Å²) < 4.78 is 29.2. The zero-order chi connectivity index (χ0) is 21.6. The molecule has 0 aliphatic carbocycles. The Morgan fingerprint density at radius 1 is 1.10 bits per heavy atom. The molecule has 0 bridgehead atoms. The van der Waals surface area contributed by atoms with Crippen molar-refractivity contribution in [1.29, 1.82) is 0 Å². The summed E-state index contributed by atoms with van der Waals surface area (Å²) in [6.07, 6.45) is 1.81. The number of hydrogen-bond acceptors (Lipinski definition) is 5. The lowest BCUT2D eigenvalue weighted by molar-refractivity contribution is 0.0909. The number of nitrogens with one attached hydrogen (secondary N) is 1. The Balaban J connectivity index is 1.50. The SMILES string of the molecule is COCCS(=O)(=O)c1ccc(C(=O)NC2CCN(Cc3ccccc3C)CC2)cc1. The first-order valence-corrected chi connectivity index (χ1v) is 11.9. The molecule has 0 saturated carbocycles. The van der Waals surface area contributed by atoms with Crippen LogP contribution in [-0.2, 0) is 21.1 Å². The zero-order valence-corrected chi connectivity index (χ0v) is 18.5. The molecule has 0 unspecified atom stereocenters. The van der Waals surface area contributed by atoms with Crippen LogP contribution in [0.5, 0.6) is 0 Å². The fraction of sp³-hybridized carbons (Fsp3) is 0.435. The van der Waals surface area contributed by atoms with E-state index in [0.29, 0.717) is 5.56 Å². The van der Waals surface area contributed by atoms with Gasteiger partial charge in [-0.2, -0.15) is 0 Å². The van der Waals surface area contributed by atoms with Crippen molar-refractivity contribution in [3.8, 4) is 0 Å². The van der Waals surface area contributed by atoms with E-state index in [1.807, 2.05) is 0 Å². The van der Waals surface area contributed by atoms with Gasteiger partial charge in [-0.25, -0.2) is 8.42 Å². The molecule has 0 radical (unpaired) electrons. The van der Waals surface area contributed by atoms with Gasteiger partial charge in [-0.15, -0.1) is 0 Å². The van der Waals surface area contributed by atoms with Gasteiger partial charge in [0.05, 0.1) is 17.3 Å². The number of rotatable bonds is 8. The molecule has 0 spiro atoms. The summed E-state index contributed by atoms with van der Waals surface area (Å²) in [5.74, 6) is -0.232. The molecule has 1 aliphatic rings. The van der Waals surface area contributed by atoms with Crippen LogP contribution in [0.15, 0.2) is 53.4 Å². The quantitative estimate of drug-likeness (QED) is 0.697. The van der Waals surface area contributed by atoms with Crippen LogP contribution < -0.4 is 5.32 Å². The minimum atomic E-state index is -3.39. The van der Waals surface area contributed by atoms with Crippen LogP contribution in [0.2, 0.25) is 0 Å². The Morgan fingerprint density at radius 2 is 1.77 bits per heavy atom. The average molecular weight is 431 g/mol. The normalized spacial score (nSPS) is 15.8. The predicted molar refractivity (Wildman–Crippen MR) is 117 cm³/mol. The highest BCUT2D eigenvalue weighted by molar-refractivity contribution is 7.91. The molecule has 2 aromatic rings. The van der Waals surface area contributed by atoms with E-state index < -0.39 is 9.84 Å². The molecule has 1 amide bonds. The molecule has 1 heterocycles. The van der Waals surface area contributed by atoms with Gasteiger partial charge in [-0.1, -0.05) is 24.3 Å². The van der Waals surface area contributed by atoms with E-state index in [1.165, 1.54) is 30.4 Å². The molecular weight excluding hydrogens is 400 g/mol. The Morgan fingerprint density at radius 3 is 2.40 bits per heavy atom. The number of sulfone groups is 1. The molecular formula is C23H30N2O4S. The summed E-state index contributed by atoms with van der Waals surface area (Å²) in [6.45, 7) is 5.10. The summed E-state index contributed by atoms with van der Waals surface area (Å²) >= 11 is 0. The van der Waals surface area contributed by atoms with Crippen LogP contribution in [0.3, 0.4) is 0 Å². The number of carbonyl (C=O) groups is 1. The molecule has 6 nitrogen and oxygen atoms in total. The van der Waals surface area contributed by atoms with Crippen LogP contribution in [0.4, 0.5) is 0 Å². The van der Waals surface area contributed by atoms with E-state index in [9.17, 15) is 13.2 Å². The second-order valence-electron chi connectivity index (χ2n) is 7.79. The van der Waals surface area contributed by atoms with Crippen molar-refractivity contribution in [2.45, 2.75) is 37.2 Å². The largest absolute Gasteiger partial charge is 0.384 e. The Hall–Kier alpha value is -2.22. The van der Waals surface area contributed by atoms with Gasteiger partial charge in [0.1, 0.15) is 0 Å².